The standard InChI is InChI=1S/C15H22O7/c1-17-10-22-12(8-15(16)20-4)9-21-11-5-6-13(18-2)14(7-11)19-3/h5-7,12H,8-10H2,1-4H3/t12-/m1/s1. The van der Waals surface area contributed by atoms with Crippen LogP contribution >= 0.6 is 0 Å². The maximum absolute atomic E-state index is 11.3. The van der Waals surface area contributed by atoms with E-state index in [1.165, 1.54) is 14.2 Å². The van der Waals surface area contributed by atoms with Crippen molar-refractivity contribution >= 4 is 5.97 Å². The Morgan fingerprint density at radius 2 is 1.82 bits per heavy atom. The lowest BCUT2D eigenvalue weighted by molar-refractivity contribution is -0.148. The Balaban J connectivity index is 2.64. The van der Waals surface area contributed by atoms with Crippen LogP contribution in [0.3, 0.4) is 0 Å². The number of hydrogen-bond acceptors (Lipinski definition) is 7. The monoisotopic (exact) mass is 314 g/mol. The predicted molar refractivity (Wildman–Crippen MR) is 78.4 cm³/mol. The van der Waals surface area contributed by atoms with Crippen LogP contribution in [0.2, 0.25) is 0 Å². The summed E-state index contributed by atoms with van der Waals surface area (Å²) in [6.07, 6.45) is -0.395. The number of carbonyl (C=O) groups is 1. The van der Waals surface area contributed by atoms with Gasteiger partial charge in [-0.25, -0.2) is 0 Å². The number of benzene rings is 1. The van der Waals surface area contributed by atoms with Crippen LogP contribution in [-0.2, 0) is 19.0 Å². The highest BCUT2D eigenvalue weighted by Gasteiger charge is 2.16. The molecule has 0 unspecified atom stereocenters. The Hall–Kier alpha value is -1.99. The first kappa shape index (κ1) is 18.1. The van der Waals surface area contributed by atoms with Gasteiger partial charge in [0.15, 0.2) is 11.5 Å². The van der Waals surface area contributed by atoms with Crippen molar-refractivity contribution < 1.29 is 33.2 Å². The van der Waals surface area contributed by atoms with E-state index in [-0.39, 0.29) is 25.8 Å². The topological polar surface area (TPSA) is 72.5 Å². The van der Waals surface area contributed by atoms with Crippen LogP contribution in [-0.4, -0.2) is 53.9 Å². The van der Waals surface area contributed by atoms with Crippen LogP contribution in [0.25, 0.3) is 0 Å². The van der Waals surface area contributed by atoms with E-state index in [1.807, 2.05) is 0 Å². The normalized spacial score (nSPS) is 11.6. The summed E-state index contributed by atoms with van der Waals surface area (Å²) in [7, 11) is 5.93. The van der Waals surface area contributed by atoms with E-state index < -0.39 is 6.10 Å². The SMILES string of the molecule is COCO[C@@H](COc1ccc(OC)c(OC)c1)CC(=O)OC. The molecular formula is C15H22O7. The number of hydrogen-bond donors (Lipinski definition) is 0. The Morgan fingerprint density at radius 1 is 1.09 bits per heavy atom. The van der Waals surface area contributed by atoms with Gasteiger partial charge in [-0.2, -0.15) is 0 Å². The zero-order valence-electron chi connectivity index (χ0n) is 13.3. The Morgan fingerprint density at radius 3 is 2.41 bits per heavy atom. The van der Waals surface area contributed by atoms with E-state index in [4.69, 9.17) is 23.7 Å². The van der Waals surface area contributed by atoms with Crippen LogP contribution in [0.15, 0.2) is 18.2 Å². The van der Waals surface area contributed by atoms with Gasteiger partial charge in [0.25, 0.3) is 0 Å². The van der Waals surface area contributed by atoms with Gasteiger partial charge in [-0.1, -0.05) is 0 Å². The second-order valence-electron chi connectivity index (χ2n) is 4.30. The number of esters is 1. The molecule has 1 aromatic rings. The van der Waals surface area contributed by atoms with Crippen molar-refractivity contribution in [1.29, 1.82) is 0 Å². The van der Waals surface area contributed by atoms with Gasteiger partial charge in [0.1, 0.15) is 25.3 Å². The number of carbonyl (C=O) groups excluding carboxylic acids is 1. The van der Waals surface area contributed by atoms with Crippen molar-refractivity contribution in [1.82, 2.24) is 0 Å². The fourth-order valence-corrected chi connectivity index (χ4v) is 1.69. The van der Waals surface area contributed by atoms with Gasteiger partial charge in [-0.3, -0.25) is 4.79 Å². The third-order valence-electron chi connectivity index (χ3n) is 2.83. The second kappa shape index (κ2) is 9.86. The average molecular weight is 314 g/mol. The molecule has 1 rings (SSSR count). The number of rotatable bonds is 10. The van der Waals surface area contributed by atoms with Crippen molar-refractivity contribution in [3.05, 3.63) is 18.2 Å². The molecule has 1 atom stereocenters. The van der Waals surface area contributed by atoms with Crippen molar-refractivity contribution in [2.75, 3.05) is 41.8 Å². The van der Waals surface area contributed by atoms with Crippen LogP contribution in [0.1, 0.15) is 6.42 Å². The van der Waals surface area contributed by atoms with E-state index in [0.717, 1.165) is 0 Å². The molecule has 0 bridgehead atoms. The maximum Gasteiger partial charge on any atom is 0.308 e. The molecule has 0 spiro atoms. The molecule has 0 saturated carbocycles. The van der Waals surface area contributed by atoms with Gasteiger partial charge in [0, 0.05) is 13.2 Å². The van der Waals surface area contributed by atoms with Gasteiger partial charge < -0.3 is 28.4 Å². The molecule has 22 heavy (non-hydrogen) atoms. The fourth-order valence-electron chi connectivity index (χ4n) is 1.69. The summed E-state index contributed by atoms with van der Waals surface area (Å²) in [6.45, 7) is 0.241. The number of ether oxygens (including phenoxy) is 6. The van der Waals surface area contributed by atoms with E-state index in [1.54, 1.807) is 32.4 Å². The van der Waals surface area contributed by atoms with E-state index in [2.05, 4.69) is 4.74 Å². The summed E-state index contributed by atoms with van der Waals surface area (Å²) in [4.78, 5) is 11.3. The first-order valence-corrected chi connectivity index (χ1v) is 6.66. The highest BCUT2D eigenvalue weighted by molar-refractivity contribution is 5.69. The van der Waals surface area contributed by atoms with Crippen LogP contribution in [0.5, 0.6) is 17.2 Å². The molecule has 0 aliphatic heterocycles. The fraction of sp³-hybridized carbons (Fsp3) is 0.533. The van der Waals surface area contributed by atoms with Crippen molar-refractivity contribution in [2.45, 2.75) is 12.5 Å². The minimum Gasteiger partial charge on any atom is -0.493 e. The van der Waals surface area contributed by atoms with Crippen LogP contribution in [0, 0.1) is 0 Å². The lowest BCUT2D eigenvalue weighted by Crippen LogP contribution is -2.26. The number of methoxy groups -OCH3 is 4. The Labute approximate surface area is 130 Å². The third-order valence-corrected chi connectivity index (χ3v) is 2.83. The molecule has 7 heteroatoms. The van der Waals surface area contributed by atoms with Crippen LogP contribution < -0.4 is 14.2 Å². The molecule has 0 aliphatic carbocycles. The maximum atomic E-state index is 11.3. The lowest BCUT2D eigenvalue weighted by atomic mass is 10.2. The highest BCUT2D eigenvalue weighted by atomic mass is 16.7. The zero-order chi connectivity index (χ0) is 16.4. The minimum atomic E-state index is -0.472. The molecule has 0 N–H and O–H groups in total. The summed E-state index contributed by atoms with van der Waals surface area (Å²) in [5.41, 5.74) is 0. The smallest absolute Gasteiger partial charge is 0.308 e. The van der Waals surface area contributed by atoms with Crippen molar-refractivity contribution in [3.8, 4) is 17.2 Å². The quantitative estimate of drug-likeness (QED) is 0.480. The average Bonchev–Trinajstić information content (AvgIpc) is 2.56. The Bertz CT molecular complexity index is 461. The van der Waals surface area contributed by atoms with Gasteiger partial charge in [-0.05, 0) is 12.1 Å². The van der Waals surface area contributed by atoms with Gasteiger partial charge >= 0.3 is 5.97 Å². The molecule has 1 aromatic carbocycles. The van der Waals surface area contributed by atoms with E-state index in [0.29, 0.717) is 17.2 Å². The molecular weight excluding hydrogens is 292 g/mol. The van der Waals surface area contributed by atoms with Gasteiger partial charge in [0.05, 0.1) is 27.8 Å². The summed E-state index contributed by atoms with van der Waals surface area (Å²) in [5, 5.41) is 0. The highest BCUT2D eigenvalue weighted by Crippen LogP contribution is 2.30. The first-order chi connectivity index (χ1) is 10.6. The first-order valence-electron chi connectivity index (χ1n) is 6.66. The molecule has 0 amide bonds. The van der Waals surface area contributed by atoms with Crippen molar-refractivity contribution in [3.63, 3.8) is 0 Å². The van der Waals surface area contributed by atoms with E-state index >= 15 is 0 Å². The van der Waals surface area contributed by atoms with Gasteiger partial charge in [0.2, 0.25) is 0 Å². The summed E-state index contributed by atoms with van der Waals surface area (Å²) < 4.78 is 30.8. The Kier molecular flexibility index (Phi) is 8.09. The summed E-state index contributed by atoms with van der Waals surface area (Å²) in [5.74, 6) is 1.37. The lowest BCUT2D eigenvalue weighted by Gasteiger charge is -2.17. The van der Waals surface area contributed by atoms with Crippen LogP contribution in [0.4, 0.5) is 0 Å². The molecule has 7 nitrogen and oxygen atoms in total. The minimum absolute atomic E-state index is 0.0664. The molecule has 0 aromatic heterocycles. The molecule has 124 valence electrons. The largest absolute Gasteiger partial charge is 0.493 e. The van der Waals surface area contributed by atoms with Crippen molar-refractivity contribution in [2.24, 2.45) is 0 Å². The zero-order valence-corrected chi connectivity index (χ0v) is 13.3. The molecule has 0 fully saturated rings. The van der Waals surface area contributed by atoms with Gasteiger partial charge in [-0.15, -0.1) is 0 Å². The third kappa shape index (κ3) is 5.79. The second-order valence-corrected chi connectivity index (χ2v) is 4.30. The summed E-state index contributed by atoms with van der Waals surface area (Å²) >= 11 is 0. The van der Waals surface area contributed by atoms with E-state index in [9.17, 15) is 4.79 Å². The molecule has 0 radical (unpaired) electrons. The predicted octanol–water partition coefficient (Wildman–Crippen LogP) is 1.63. The summed E-state index contributed by atoms with van der Waals surface area (Å²) in [6, 6.07) is 5.18. The molecule has 0 aliphatic rings. The molecule has 0 saturated heterocycles. The molecule has 0 heterocycles.